The van der Waals surface area contributed by atoms with Gasteiger partial charge in [0.25, 0.3) is 5.91 Å². The van der Waals surface area contributed by atoms with Gasteiger partial charge in [-0.2, -0.15) is 5.10 Å². The summed E-state index contributed by atoms with van der Waals surface area (Å²) in [5.41, 5.74) is 1.79. The van der Waals surface area contributed by atoms with Gasteiger partial charge in [0.15, 0.2) is 0 Å². The normalized spacial score (nSPS) is 11.4. The molecule has 0 bridgehead atoms. The Balaban J connectivity index is 2.33. The summed E-state index contributed by atoms with van der Waals surface area (Å²) in [5, 5.41) is 4.22. The van der Waals surface area contributed by atoms with Crippen molar-refractivity contribution < 1.29 is 17.9 Å². The zero-order valence-corrected chi connectivity index (χ0v) is 15.7. The van der Waals surface area contributed by atoms with E-state index in [0.29, 0.717) is 5.69 Å². The molecule has 0 fully saturated rings. The molecule has 9 heteroatoms. The third-order valence-corrected chi connectivity index (χ3v) is 5.14. The van der Waals surface area contributed by atoms with Gasteiger partial charge in [-0.3, -0.25) is 9.48 Å². The van der Waals surface area contributed by atoms with Gasteiger partial charge in [-0.05, 0) is 31.2 Å². The molecule has 0 saturated carbocycles. The summed E-state index contributed by atoms with van der Waals surface area (Å²) in [6.45, 7) is 1.92. The summed E-state index contributed by atoms with van der Waals surface area (Å²) in [7, 11) is 2.48. The Labute approximate surface area is 147 Å². The number of sulfonamides is 1. The summed E-state index contributed by atoms with van der Waals surface area (Å²) < 4.78 is 34.6. The van der Waals surface area contributed by atoms with Gasteiger partial charge in [0.05, 0.1) is 19.3 Å². The lowest BCUT2D eigenvalue weighted by Crippen LogP contribution is -2.25. The van der Waals surface area contributed by atoms with Crippen LogP contribution < -0.4 is 9.46 Å². The van der Waals surface area contributed by atoms with E-state index >= 15 is 0 Å². The van der Waals surface area contributed by atoms with Crippen molar-refractivity contribution in [2.45, 2.75) is 18.4 Å². The number of carbonyl (C=O) groups excluding carboxylic acids is 1. The van der Waals surface area contributed by atoms with Crippen LogP contribution in [0.1, 0.15) is 21.7 Å². The minimum Gasteiger partial charge on any atom is -0.495 e. The maximum absolute atomic E-state index is 12.7. The fourth-order valence-electron chi connectivity index (χ4n) is 2.25. The molecule has 1 aromatic heterocycles. The largest absolute Gasteiger partial charge is 0.495 e. The molecule has 1 heterocycles. The van der Waals surface area contributed by atoms with Gasteiger partial charge in [0.2, 0.25) is 10.0 Å². The molecule has 0 saturated heterocycles. The molecule has 2 rings (SSSR count). The second-order valence-electron chi connectivity index (χ2n) is 5.79. The Morgan fingerprint density at radius 2 is 2.00 bits per heavy atom. The molecular weight excluding hydrogens is 344 g/mol. The second-order valence-corrected chi connectivity index (χ2v) is 7.53. The Bertz CT molecular complexity index is 868. The van der Waals surface area contributed by atoms with Crippen molar-refractivity contribution in [3.05, 3.63) is 41.2 Å². The first-order chi connectivity index (χ1) is 11.7. The second kappa shape index (κ2) is 7.24. The average molecular weight is 366 g/mol. The first-order valence-corrected chi connectivity index (χ1v) is 9.03. The minimum atomic E-state index is -3.88. The molecule has 1 aromatic carbocycles. The predicted octanol–water partition coefficient (Wildman–Crippen LogP) is 0.917. The van der Waals surface area contributed by atoms with Crippen molar-refractivity contribution in [3.8, 4) is 5.75 Å². The first kappa shape index (κ1) is 18.9. The third kappa shape index (κ3) is 4.18. The van der Waals surface area contributed by atoms with E-state index in [0.717, 1.165) is 5.69 Å². The molecule has 0 aliphatic carbocycles. The smallest absolute Gasteiger partial charge is 0.253 e. The molecule has 0 aliphatic heterocycles. The van der Waals surface area contributed by atoms with Crippen molar-refractivity contribution in [2.24, 2.45) is 7.05 Å². The van der Waals surface area contributed by atoms with Crippen LogP contribution in [0.25, 0.3) is 0 Å². The van der Waals surface area contributed by atoms with Gasteiger partial charge in [0.1, 0.15) is 10.6 Å². The van der Waals surface area contributed by atoms with E-state index in [-0.39, 0.29) is 28.7 Å². The molecular formula is C16H22N4O4S. The number of nitrogens with zero attached hydrogens (tertiary/aromatic N) is 3. The van der Waals surface area contributed by atoms with Crippen LogP contribution in [0.3, 0.4) is 0 Å². The Hall–Kier alpha value is -2.39. The third-order valence-electron chi connectivity index (χ3n) is 3.71. The van der Waals surface area contributed by atoms with Gasteiger partial charge in [-0.1, -0.05) is 0 Å². The average Bonchev–Trinajstić information content (AvgIpc) is 2.90. The molecule has 0 radical (unpaired) electrons. The van der Waals surface area contributed by atoms with E-state index in [4.69, 9.17) is 4.74 Å². The lowest BCUT2D eigenvalue weighted by Gasteiger charge is -2.14. The van der Waals surface area contributed by atoms with Crippen LogP contribution in [0.2, 0.25) is 0 Å². The molecule has 0 spiro atoms. The number of carbonyl (C=O) groups is 1. The number of methoxy groups -OCH3 is 1. The number of rotatable bonds is 6. The highest BCUT2D eigenvalue weighted by atomic mass is 32.2. The fraction of sp³-hybridized carbons (Fsp3) is 0.375. The fourth-order valence-corrected chi connectivity index (χ4v) is 3.44. The molecule has 0 unspecified atom stereocenters. The monoisotopic (exact) mass is 366 g/mol. The van der Waals surface area contributed by atoms with Crippen LogP contribution in [0, 0.1) is 6.92 Å². The molecule has 1 N–H and O–H groups in total. The molecule has 0 aliphatic rings. The van der Waals surface area contributed by atoms with Gasteiger partial charge in [-0.25, -0.2) is 13.1 Å². The number of hydrogen-bond donors (Lipinski definition) is 1. The highest BCUT2D eigenvalue weighted by Crippen LogP contribution is 2.25. The van der Waals surface area contributed by atoms with Gasteiger partial charge < -0.3 is 9.64 Å². The van der Waals surface area contributed by atoms with Gasteiger partial charge in [-0.15, -0.1) is 0 Å². The van der Waals surface area contributed by atoms with E-state index < -0.39 is 10.0 Å². The molecule has 2 aromatic rings. The number of aryl methyl sites for hydroxylation is 2. The van der Waals surface area contributed by atoms with E-state index in [9.17, 15) is 13.2 Å². The van der Waals surface area contributed by atoms with Crippen molar-refractivity contribution in [1.29, 1.82) is 0 Å². The van der Waals surface area contributed by atoms with E-state index in [1.165, 1.54) is 30.2 Å². The zero-order valence-electron chi connectivity index (χ0n) is 14.9. The predicted molar refractivity (Wildman–Crippen MR) is 93.0 cm³/mol. The minimum absolute atomic E-state index is 0.0407. The molecule has 25 heavy (non-hydrogen) atoms. The summed E-state index contributed by atoms with van der Waals surface area (Å²) in [6.07, 6.45) is 0. The summed E-state index contributed by atoms with van der Waals surface area (Å²) >= 11 is 0. The standard InChI is InChI=1S/C16H22N4O4S/c1-11-8-13(18-20(11)4)10-17-25(22,23)15-9-12(16(21)19(2)3)6-7-14(15)24-5/h6-9,17H,10H2,1-5H3. The number of nitrogens with one attached hydrogen (secondary N) is 1. The van der Waals surface area contributed by atoms with Crippen LogP contribution in [0.5, 0.6) is 5.75 Å². The maximum atomic E-state index is 12.7. The lowest BCUT2D eigenvalue weighted by molar-refractivity contribution is 0.0827. The maximum Gasteiger partial charge on any atom is 0.253 e. The highest BCUT2D eigenvalue weighted by Gasteiger charge is 2.22. The van der Waals surface area contributed by atoms with Crippen LogP contribution in [0.4, 0.5) is 0 Å². The molecule has 136 valence electrons. The number of benzene rings is 1. The number of hydrogen-bond acceptors (Lipinski definition) is 5. The highest BCUT2D eigenvalue weighted by molar-refractivity contribution is 7.89. The lowest BCUT2D eigenvalue weighted by atomic mass is 10.2. The van der Waals surface area contributed by atoms with Crippen LogP contribution >= 0.6 is 0 Å². The van der Waals surface area contributed by atoms with Crippen LogP contribution in [-0.2, 0) is 23.6 Å². The Kier molecular flexibility index (Phi) is 5.48. The van der Waals surface area contributed by atoms with Gasteiger partial charge >= 0.3 is 0 Å². The molecule has 1 amide bonds. The van der Waals surface area contributed by atoms with E-state index in [1.807, 2.05) is 6.92 Å². The van der Waals surface area contributed by atoms with Crippen molar-refractivity contribution in [1.82, 2.24) is 19.4 Å². The SMILES string of the molecule is COc1ccc(C(=O)N(C)C)cc1S(=O)(=O)NCc1cc(C)n(C)n1. The van der Waals surface area contributed by atoms with Gasteiger partial charge in [0, 0.05) is 32.4 Å². The topological polar surface area (TPSA) is 93.5 Å². The van der Waals surface area contributed by atoms with Crippen molar-refractivity contribution in [2.75, 3.05) is 21.2 Å². The van der Waals surface area contributed by atoms with Crippen LogP contribution in [0.15, 0.2) is 29.2 Å². The number of amides is 1. The van der Waals surface area contributed by atoms with E-state index in [1.54, 1.807) is 31.9 Å². The Morgan fingerprint density at radius 3 is 2.52 bits per heavy atom. The van der Waals surface area contributed by atoms with Crippen LogP contribution in [-0.4, -0.2) is 50.2 Å². The summed E-state index contributed by atoms with van der Waals surface area (Å²) in [4.78, 5) is 13.4. The van der Waals surface area contributed by atoms with Crippen molar-refractivity contribution in [3.63, 3.8) is 0 Å². The summed E-state index contributed by atoms with van der Waals surface area (Å²) in [5.74, 6) is -0.125. The van der Waals surface area contributed by atoms with E-state index in [2.05, 4.69) is 9.82 Å². The first-order valence-electron chi connectivity index (χ1n) is 7.54. The Morgan fingerprint density at radius 1 is 1.32 bits per heavy atom. The zero-order chi connectivity index (χ0) is 18.8. The molecule has 0 atom stereocenters. The van der Waals surface area contributed by atoms with Crippen molar-refractivity contribution >= 4 is 15.9 Å². The molecule has 8 nitrogen and oxygen atoms in total. The number of ether oxygens (including phenoxy) is 1. The summed E-state index contributed by atoms with van der Waals surface area (Å²) in [6, 6.07) is 6.11. The number of aromatic nitrogens is 2. The quantitative estimate of drug-likeness (QED) is 0.820.